The number of anilines is 5. The average Bonchev–Trinajstić information content (AvgIpc) is 2.76. The van der Waals surface area contributed by atoms with E-state index in [1.54, 1.807) is 25.3 Å². The van der Waals surface area contributed by atoms with Gasteiger partial charge in [0.15, 0.2) is 0 Å². The third-order valence-electron chi connectivity index (χ3n) is 4.94. The van der Waals surface area contributed by atoms with Gasteiger partial charge in [-0.1, -0.05) is 23.2 Å². The number of benzene rings is 2. The summed E-state index contributed by atoms with van der Waals surface area (Å²) in [6.07, 6.45) is 0.757. The maximum Gasteiger partial charge on any atom is 0.233 e. The molecule has 1 aliphatic rings. The first-order chi connectivity index (χ1) is 15.4. The van der Waals surface area contributed by atoms with Crippen LogP contribution in [-0.4, -0.2) is 47.2 Å². The van der Waals surface area contributed by atoms with Crippen molar-refractivity contribution in [3.05, 3.63) is 52.5 Å². The lowest BCUT2D eigenvalue weighted by Crippen LogP contribution is -2.52. The van der Waals surface area contributed by atoms with Crippen molar-refractivity contribution in [1.82, 2.24) is 15.0 Å². The number of methoxy groups -OCH3 is 1. The van der Waals surface area contributed by atoms with E-state index < -0.39 is 0 Å². The summed E-state index contributed by atoms with van der Waals surface area (Å²) >= 11 is 12.2. The Morgan fingerprint density at radius 3 is 2.06 bits per heavy atom. The molecule has 3 aromatic rings. The zero-order valence-corrected chi connectivity index (χ0v) is 18.9. The first-order valence-electron chi connectivity index (χ1n) is 10.0. The molecule has 6 N–H and O–H groups in total. The second-order valence-corrected chi connectivity index (χ2v) is 8.37. The molecule has 2 unspecified atom stereocenters. The number of piperidine rings is 1. The fraction of sp³-hybridized carbons (Fsp3) is 0.286. The molecule has 1 aliphatic heterocycles. The first kappa shape index (κ1) is 22.3. The van der Waals surface area contributed by atoms with Crippen LogP contribution in [0.3, 0.4) is 0 Å². The van der Waals surface area contributed by atoms with Crippen molar-refractivity contribution in [3.8, 4) is 5.75 Å². The molecule has 0 spiro atoms. The third-order valence-corrected chi connectivity index (χ3v) is 5.68. The summed E-state index contributed by atoms with van der Waals surface area (Å²) < 4.78 is 5.21. The van der Waals surface area contributed by atoms with Crippen molar-refractivity contribution in [2.24, 2.45) is 11.5 Å². The Bertz CT molecular complexity index is 1070. The predicted molar refractivity (Wildman–Crippen MR) is 129 cm³/mol. The lowest BCUT2D eigenvalue weighted by molar-refractivity contribution is 0.415. The second-order valence-electron chi connectivity index (χ2n) is 7.55. The van der Waals surface area contributed by atoms with Gasteiger partial charge in [0.05, 0.1) is 17.2 Å². The van der Waals surface area contributed by atoms with E-state index >= 15 is 0 Å². The highest BCUT2D eigenvalue weighted by molar-refractivity contribution is 6.42. The van der Waals surface area contributed by atoms with Crippen LogP contribution in [0.25, 0.3) is 0 Å². The lowest BCUT2D eigenvalue weighted by Gasteiger charge is -2.34. The summed E-state index contributed by atoms with van der Waals surface area (Å²) in [4.78, 5) is 15.7. The Balaban J connectivity index is 1.65. The molecule has 2 heterocycles. The molecule has 0 saturated carbocycles. The highest BCUT2D eigenvalue weighted by atomic mass is 35.5. The zero-order chi connectivity index (χ0) is 22.7. The van der Waals surface area contributed by atoms with Crippen LogP contribution < -0.4 is 31.7 Å². The Morgan fingerprint density at radius 1 is 0.875 bits per heavy atom. The van der Waals surface area contributed by atoms with E-state index in [9.17, 15) is 0 Å². The average molecular weight is 475 g/mol. The van der Waals surface area contributed by atoms with Crippen LogP contribution in [0.2, 0.25) is 10.0 Å². The molecule has 2 aromatic carbocycles. The van der Waals surface area contributed by atoms with Gasteiger partial charge in [0, 0.05) is 36.5 Å². The smallest absolute Gasteiger partial charge is 0.233 e. The van der Waals surface area contributed by atoms with E-state index in [4.69, 9.17) is 39.4 Å². The fourth-order valence-corrected chi connectivity index (χ4v) is 3.76. The molecule has 2 atom stereocenters. The fourth-order valence-electron chi connectivity index (χ4n) is 3.47. The van der Waals surface area contributed by atoms with E-state index in [2.05, 4.69) is 25.6 Å². The van der Waals surface area contributed by atoms with Crippen LogP contribution in [0, 0.1) is 0 Å². The zero-order valence-electron chi connectivity index (χ0n) is 17.4. The van der Waals surface area contributed by atoms with Crippen molar-refractivity contribution < 1.29 is 4.74 Å². The summed E-state index contributed by atoms with van der Waals surface area (Å²) in [5.41, 5.74) is 13.8. The minimum atomic E-state index is -0.0556. The number of hydrogen-bond acceptors (Lipinski definition) is 9. The van der Waals surface area contributed by atoms with E-state index in [0.717, 1.165) is 17.9 Å². The van der Waals surface area contributed by atoms with Gasteiger partial charge in [-0.15, -0.1) is 0 Å². The van der Waals surface area contributed by atoms with E-state index in [1.165, 1.54) is 0 Å². The molecule has 168 valence electrons. The number of rotatable bonds is 6. The Labute approximate surface area is 196 Å². The van der Waals surface area contributed by atoms with Gasteiger partial charge < -0.3 is 31.7 Å². The van der Waals surface area contributed by atoms with Gasteiger partial charge in [-0.3, -0.25) is 0 Å². The molecule has 0 aliphatic carbocycles. The number of halogens is 2. The maximum atomic E-state index is 6.17. The number of ether oxygens (including phenoxy) is 1. The third kappa shape index (κ3) is 5.49. The molecule has 9 nitrogen and oxygen atoms in total. The van der Waals surface area contributed by atoms with Crippen LogP contribution in [0.1, 0.15) is 6.42 Å². The van der Waals surface area contributed by atoms with Crippen molar-refractivity contribution in [2.45, 2.75) is 18.5 Å². The van der Waals surface area contributed by atoms with Crippen LogP contribution in [-0.2, 0) is 0 Å². The molecule has 0 amide bonds. The van der Waals surface area contributed by atoms with Crippen molar-refractivity contribution in [1.29, 1.82) is 0 Å². The molecule has 1 saturated heterocycles. The molecule has 0 radical (unpaired) electrons. The summed E-state index contributed by atoms with van der Waals surface area (Å²) in [5.74, 6) is 1.95. The van der Waals surface area contributed by atoms with Gasteiger partial charge in [-0.05, 0) is 48.9 Å². The monoisotopic (exact) mass is 474 g/mol. The van der Waals surface area contributed by atoms with Crippen molar-refractivity contribution >= 4 is 52.4 Å². The number of nitrogens with two attached hydrogens (primary N) is 2. The predicted octanol–water partition coefficient (Wildman–Crippen LogP) is 3.54. The minimum absolute atomic E-state index is 0.0556. The van der Waals surface area contributed by atoms with Gasteiger partial charge >= 0.3 is 0 Å². The SMILES string of the molecule is COc1ccc(Nc2nc(Nc3ccc(Cl)c(Cl)c3)nc(N3CC(N)CC(N)C3)n2)cc1. The Kier molecular flexibility index (Phi) is 6.80. The molecule has 0 bridgehead atoms. The largest absolute Gasteiger partial charge is 0.497 e. The van der Waals surface area contributed by atoms with Gasteiger partial charge in [0.25, 0.3) is 0 Å². The van der Waals surface area contributed by atoms with E-state index in [0.29, 0.717) is 46.7 Å². The maximum absolute atomic E-state index is 6.17. The van der Waals surface area contributed by atoms with Gasteiger partial charge in [-0.2, -0.15) is 15.0 Å². The van der Waals surface area contributed by atoms with Crippen LogP contribution in [0.4, 0.5) is 29.2 Å². The minimum Gasteiger partial charge on any atom is -0.497 e. The van der Waals surface area contributed by atoms with Crippen LogP contribution in [0.15, 0.2) is 42.5 Å². The van der Waals surface area contributed by atoms with Crippen LogP contribution in [0.5, 0.6) is 5.75 Å². The second kappa shape index (κ2) is 9.74. The number of aromatic nitrogens is 3. The Morgan fingerprint density at radius 2 is 1.47 bits per heavy atom. The molecular formula is C21H24Cl2N8O. The number of nitrogens with one attached hydrogen (secondary N) is 2. The molecule has 32 heavy (non-hydrogen) atoms. The van der Waals surface area contributed by atoms with Gasteiger partial charge in [-0.25, -0.2) is 0 Å². The molecule has 11 heteroatoms. The molecule has 1 fully saturated rings. The highest BCUT2D eigenvalue weighted by Gasteiger charge is 2.25. The van der Waals surface area contributed by atoms with E-state index in [-0.39, 0.29) is 12.1 Å². The lowest BCUT2D eigenvalue weighted by atomic mass is 10.0. The molecular weight excluding hydrogens is 451 g/mol. The normalized spacial score (nSPS) is 18.3. The standard InChI is InChI=1S/C21H24Cl2N8O/c1-32-16-5-2-14(3-6-16)26-19-28-20(27-15-4-7-17(22)18(23)9-15)30-21(29-19)31-10-12(24)8-13(25)11-31/h2-7,9,12-13H,8,10-11,24-25H2,1H3,(H2,26,27,28,29,30). The van der Waals surface area contributed by atoms with Gasteiger partial charge in [0.2, 0.25) is 17.8 Å². The van der Waals surface area contributed by atoms with E-state index in [1.807, 2.05) is 29.2 Å². The molecule has 4 rings (SSSR count). The van der Waals surface area contributed by atoms with Crippen molar-refractivity contribution in [2.75, 3.05) is 35.7 Å². The topological polar surface area (TPSA) is 127 Å². The summed E-state index contributed by atoms with van der Waals surface area (Å²) in [6.45, 7) is 1.21. The quantitative estimate of drug-likeness (QED) is 0.423. The Hall–Kier alpha value is -2.85. The first-order valence-corrected chi connectivity index (χ1v) is 10.8. The summed E-state index contributed by atoms with van der Waals surface area (Å²) in [6, 6.07) is 12.5. The van der Waals surface area contributed by atoms with Crippen molar-refractivity contribution in [3.63, 3.8) is 0 Å². The van der Waals surface area contributed by atoms with Gasteiger partial charge in [0.1, 0.15) is 5.75 Å². The van der Waals surface area contributed by atoms with Crippen LogP contribution >= 0.6 is 23.2 Å². The highest BCUT2D eigenvalue weighted by Crippen LogP contribution is 2.27. The summed E-state index contributed by atoms with van der Waals surface area (Å²) in [5, 5.41) is 7.26. The number of nitrogens with zero attached hydrogens (tertiary/aromatic N) is 4. The summed E-state index contributed by atoms with van der Waals surface area (Å²) in [7, 11) is 1.62. The number of hydrogen-bond donors (Lipinski definition) is 4. The molecule has 1 aromatic heterocycles.